The minimum atomic E-state index is -1.11. The Kier molecular flexibility index (Phi) is 4.33. The number of benzene rings is 1. The van der Waals surface area contributed by atoms with Crippen molar-refractivity contribution in [2.45, 2.75) is 24.3 Å². The summed E-state index contributed by atoms with van der Waals surface area (Å²) in [5, 5.41) is 27.9. The Morgan fingerprint density at radius 1 is 1.23 bits per heavy atom. The van der Waals surface area contributed by atoms with Crippen molar-refractivity contribution < 1.29 is 24.1 Å². The van der Waals surface area contributed by atoms with Crippen molar-refractivity contribution in [2.24, 2.45) is 0 Å². The van der Waals surface area contributed by atoms with Gasteiger partial charge in [0.2, 0.25) is 0 Å². The number of aromatic nitrogens is 3. The molecule has 3 atom stereocenters. The largest absolute Gasteiger partial charge is 0.490 e. The van der Waals surface area contributed by atoms with Crippen molar-refractivity contribution in [2.75, 3.05) is 24.6 Å². The fourth-order valence-electron chi connectivity index (χ4n) is 4.25. The fraction of sp³-hybridized carbons (Fsp3) is 0.350. The van der Waals surface area contributed by atoms with Crippen LogP contribution in [0.2, 0.25) is 0 Å². The number of halogens is 1. The van der Waals surface area contributed by atoms with E-state index < -0.39 is 29.6 Å². The third-order valence-electron chi connectivity index (χ3n) is 5.60. The molecule has 1 spiro atoms. The minimum absolute atomic E-state index is 0.0327. The van der Waals surface area contributed by atoms with Crippen molar-refractivity contribution in [1.82, 2.24) is 20.1 Å². The van der Waals surface area contributed by atoms with E-state index in [1.807, 2.05) is 4.90 Å². The second-order valence-electron chi connectivity index (χ2n) is 7.58. The topological polar surface area (TPSA) is 113 Å². The number of aliphatic hydroxyl groups is 2. The Morgan fingerprint density at radius 3 is 2.97 bits per heavy atom. The maximum absolute atomic E-state index is 14.4. The smallest absolute Gasteiger partial charge is 0.254 e. The van der Waals surface area contributed by atoms with E-state index in [2.05, 4.69) is 15.4 Å². The lowest BCUT2D eigenvalue weighted by Crippen LogP contribution is -2.50. The molecule has 4 aliphatic rings. The quantitative estimate of drug-likeness (QED) is 0.570. The highest BCUT2D eigenvalue weighted by molar-refractivity contribution is 5.93. The number of nitrogens with zero attached hydrogens (tertiary/aromatic N) is 4. The normalized spacial score (nSPS) is 26.6. The summed E-state index contributed by atoms with van der Waals surface area (Å²) in [5.74, 6) is -0.0598. The fourth-order valence-corrected chi connectivity index (χ4v) is 4.25. The van der Waals surface area contributed by atoms with Gasteiger partial charge in [-0.15, -0.1) is 0 Å². The number of fused-ring (bicyclic) bond motifs is 3. The van der Waals surface area contributed by atoms with Crippen molar-refractivity contribution >= 4 is 11.7 Å². The molecule has 4 bridgehead atoms. The Morgan fingerprint density at radius 2 is 2.10 bits per heavy atom. The molecule has 6 rings (SSSR count). The zero-order valence-corrected chi connectivity index (χ0v) is 15.9. The van der Waals surface area contributed by atoms with Crippen LogP contribution in [-0.4, -0.2) is 62.8 Å². The van der Waals surface area contributed by atoms with Gasteiger partial charge in [0.15, 0.2) is 5.66 Å². The van der Waals surface area contributed by atoms with E-state index in [1.54, 1.807) is 16.9 Å². The maximum atomic E-state index is 14.4. The molecule has 1 saturated heterocycles. The summed E-state index contributed by atoms with van der Waals surface area (Å²) in [4.78, 5) is 18.8. The van der Waals surface area contributed by atoms with Gasteiger partial charge < -0.3 is 25.2 Å². The minimum Gasteiger partial charge on any atom is -0.490 e. The van der Waals surface area contributed by atoms with E-state index in [9.17, 15) is 19.4 Å². The molecular formula is C20H20FN5O4. The molecule has 1 aromatic heterocycles. The van der Waals surface area contributed by atoms with Crippen molar-refractivity contribution in [3.63, 3.8) is 0 Å². The molecule has 9 nitrogen and oxygen atoms in total. The predicted molar refractivity (Wildman–Crippen MR) is 103 cm³/mol. The summed E-state index contributed by atoms with van der Waals surface area (Å²) < 4.78 is 21.8. The molecule has 2 aromatic rings. The second kappa shape index (κ2) is 6.92. The van der Waals surface area contributed by atoms with Gasteiger partial charge in [-0.3, -0.25) is 4.79 Å². The third-order valence-corrected chi connectivity index (χ3v) is 5.60. The van der Waals surface area contributed by atoms with Crippen LogP contribution in [0.3, 0.4) is 0 Å². The van der Waals surface area contributed by atoms with Crippen LogP contribution in [-0.2, 0) is 5.66 Å². The second-order valence-corrected chi connectivity index (χ2v) is 7.58. The van der Waals surface area contributed by atoms with E-state index >= 15 is 0 Å². The van der Waals surface area contributed by atoms with Gasteiger partial charge in [0, 0.05) is 37.5 Å². The molecule has 1 aromatic carbocycles. The van der Waals surface area contributed by atoms with Gasteiger partial charge in [0.25, 0.3) is 5.91 Å². The Labute approximate surface area is 171 Å². The van der Waals surface area contributed by atoms with Crippen LogP contribution in [0.4, 0.5) is 10.2 Å². The average molecular weight is 413 g/mol. The number of β-amino-alcohol motifs (C(OH)–C–C–N with tert-alkyl or cyclic N) is 1. The van der Waals surface area contributed by atoms with Crippen molar-refractivity contribution in [3.8, 4) is 5.75 Å². The highest BCUT2D eigenvalue weighted by atomic mass is 19.1. The van der Waals surface area contributed by atoms with Crippen molar-refractivity contribution in [3.05, 3.63) is 59.8 Å². The molecule has 156 valence electrons. The monoisotopic (exact) mass is 413 g/mol. The molecule has 4 aliphatic heterocycles. The van der Waals surface area contributed by atoms with Crippen LogP contribution in [0, 0.1) is 5.82 Å². The highest BCUT2D eigenvalue weighted by Gasteiger charge is 2.52. The zero-order valence-electron chi connectivity index (χ0n) is 15.9. The maximum Gasteiger partial charge on any atom is 0.254 e. The molecule has 0 radical (unpaired) electrons. The number of rotatable bonds is 0. The lowest BCUT2D eigenvalue weighted by atomic mass is 9.93. The number of anilines is 1. The number of nitrogens with one attached hydrogen (secondary N) is 1. The Balaban J connectivity index is 1.83. The first-order valence-corrected chi connectivity index (χ1v) is 9.62. The lowest BCUT2D eigenvalue weighted by Gasteiger charge is -2.42. The number of ether oxygens (including phenoxy) is 1. The van der Waals surface area contributed by atoms with Crippen LogP contribution in [0.15, 0.2) is 42.9 Å². The molecule has 0 unspecified atom stereocenters. The highest BCUT2D eigenvalue weighted by Crippen LogP contribution is 2.47. The molecule has 5 heterocycles. The van der Waals surface area contributed by atoms with E-state index in [4.69, 9.17) is 4.74 Å². The number of hydrogen-bond donors (Lipinski definition) is 3. The summed E-state index contributed by atoms with van der Waals surface area (Å²) in [6, 6.07) is 5.84. The van der Waals surface area contributed by atoms with E-state index in [0.717, 1.165) is 0 Å². The predicted octanol–water partition coefficient (Wildman–Crippen LogP) is 0.310. The van der Waals surface area contributed by atoms with Gasteiger partial charge in [0.1, 0.15) is 30.1 Å². The third kappa shape index (κ3) is 2.87. The SMILES string of the molecule is O=C1NC[C@@H](O)COc2ccc(F)cc2[C@]23C[C@@H](O)CN2c2ccn3ncc1cn2. The summed E-state index contributed by atoms with van der Waals surface area (Å²) in [6.07, 6.45) is 2.95. The zero-order chi connectivity index (χ0) is 20.9. The number of amides is 1. The molecule has 0 saturated carbocycles. The van der Waals surface area contributed by atoms with Gasteiger partial charge in [-0.2, -0.15) is 5.10 Å². The van der Waals surface area contributed by atoms with Gasteiger partial charge in [0.05, 0.1) is 17.9 Å². The first kappa shape index (κ1) is 18.8. The first-order valence-electron chi connectivity index (χ1n) is 9.62. The van der Waals surface area contributed by atoms with Crippen LogP contribution in [0.25, 0.3) is 0 Å². The van der Waals surface area contributed by atoms with Crippen LogP contribution in [0.5, 0.6) is 5.75 Å². The molecule has 1 amide bonds. The standard InChI is InChI=1S/C20H20FN5O4/c21-13-1-2-17-16(5-13)20-6-14(27)10-25(20)18-3-4-26(20)24-8-12(7-22-18)19(29)23-9-15(28)11-30-17/h1-5,7-8,14-15,27-28H,6,9-11H2,(H,23,29)/t14-,15-,20-/m1/s1. The van der Waals surface area contributed by atoms with Gasteiger partial charge in [-0.25, -0.2) is 14.1 Å². The summed E-state index contributed by atoms with van der Waals surface area (Å²) >= 11 is 0. The Hall–Kier alpha value is -3.24. The van der Waals surface area contributed by atoms with Crippen molar-refractivity contribution in [1.29, 1.82) is 0 Å². The Bertz CT molecular complexity index is 1070. The van der Waals surface area contributed by atoms with Crippen LogP contribution < -0.4 is 15.0 Å². The van der Waals surface area contributed by atoms with E-state index in [1.165, 1.54) is 30.6 Å². The number of carbonyl (C=O) groups is 1. The number of carbonyl (C=O) groups excluding carboxylic acids is 1. The van der Waals surface area contributed by atoms with E-state index in [-0.39, 0.29) is 31.7 Å². The summed E-state index contributed by atoms with van der Waals surface area (Å²) in [5.41, 5.74) is -0.466. The molecule has 10 heteroatoms. The molecule has 0 aliphatic carbocycles. The van der Waals surface area contributed by atoms with Gasteiger partial charge in [-0.05, 0) is 24.3 Å². The number of hydrogen-bond acceptors (Lipinski definition) is 7. The molecule has 1 fully saturated rings. The van der Waals surface area contributed by atoms with E-state index in [0.29, 0.717) is 17.1 Å². The summed E-state index contributed by atoms with van der Waals surface area (Å²) in [6.45, 7) is 0.104. The molecule has 30 heavy (non-hydrogen) atoms. The molecule has 3 N–H and O–H groups in total. The first-order chi connectivity index (χ1) is 14.5. The average Bonchev–Trinajstić information content (AvgIpc) is 3.14. The van der Waals surface area contributed by atoms with Gasteiger partial charge >= 0.3 is 0 Å². The van der Waals surface area contributed by atoms with Crippen LogP contribution >= 0.6 is 0 Å². The van der Waals surface area contributed by atoms with Crippen LogP contribution in [0.1, 0.15) is 22.3 Å². The van der Waals surface area contributed by atoms with Gasteiger partial charge in [-0.1, -0.05) is 0 Å². The lowest BCUT2D eigenvalue weighted by molar-refractivity contribution is 0.0839. The molecular weight excluding hydrogens is 393 g/mol. The summed E-state index contributed by atoms with van der Waals surface area (Å²) in [7, 11) is 0. The number of aliphatic hydroxyl groups excluding tert-OH is 2.